The molecule has 1 amide bonds. The normalized spacial score (nSPS) is 17.9. The number of hydrogen-bond acceptors (Lipinski definition) is 10. The van der Waals surface area contributed by atoms with E-state index in [1.165, 1.54) is 49.2 Å². The maximum Gasteiger partial charge on any atom is 0.412 e. The van der Waals surface area contributed by atoms with Gasteiger partial charge in [0, 0.05) is 17.7 Å². The summed E-state index contributed by atoms with van der Waals surface area (Å²) in [5.41, 5.74) is 3.43. The van der Waals surface area contributed by atoms with Gasteiger partial charge in [-0.25, -0.2) is 42.9 Å². The fourth-order valence-corrected chi connectivity index (χ4v) is 5.71. The Morgan fingerprint density at radius 3 is 2.52 bits per heavy atom. The minimum Gasteiger partial charge on any atom is -0.483 e. The quantitative estimate of drug-likeness (QED) is 0.242. The van der Waals surface area contributed by atoms with Gasteiger partial charge in [-0.1, -0.05) is 0 Å². The molecule has 0 aliphatic heterocycles. The van der Waals surface area contributed by atoms with E-state index in [4.69, 9.17) is 14.2 Å². The van der Waals surface area contributed by atoms with Crippen LogP contribution in [0.5, 0.6) is 11.6 Å². The third-order valence-electron chi connectivity index (χ3n) is 6.63. The monoisotopic (exact) mass is 596 g/mol. The molecule has 2 aromatic carbocycles. The molecule has 0 radical (unpaired) electrons. The van der Waals surface area contributed by atoms with E-state index in [1.807, 2.05) is 19.1 Å². The SMILES string of the molecule is COc1cnc2c(-c3nc4cc(F)c(O[C@@H]5CC(F)(F)C[C@@H]5OC(=O)Nc5cnc(C)nc5)cc4s3)cc(C)cc2n1. The highest BCUT2D eigenvalue weighted by Crippen LogP contribution is 2.41. The Hall–Kier alpha value is -4.59. The molecule has 1 saturated carbocycles. The molecule has 216 valence electrons. The molecule has 0 saturated heterocycles. The number of amides is 1. The van der Waals surface area contributed by atoms with Gasteiger partial charge in [0.05, 0.1) is 65.5 Å². The number of carbonyl (C=O) groups is 1. The van der Waals surface area contributed by atoms with Crippen LogP contribution >= 0.6 is 11.3 Å². The van der Waals surface area contributed by atoms with Crippen LogP contribution in [-0.2, 0) is 4.74 Å². The molecule has 0 spiro atoms. The second-order valence-electron chi connectivity index (χ2n) is 9.87. The molecule has 1 aliphatic carbocycles. The molecule has 14 heteroatoms. The number of fused-ring (bicyclic) bond motifs is 2. The lowest BCUT2D eigenvalue weighted by Gasteiger charge is -2.21. The number of thiazole rings is 1. The number of halogens is 3. The van der Waals surface area contributed by atoms with Crippen molar-refractivity contribution >= 4 is 44.4 Å². The Balaban J connectivity index is 1.26. The van der Waals surface area contributed by atoms with Crippen LogP contribution in [0.25, 0.3) is 31.8 Å². The third kappa shape index (κ3) is 5.62. The number of benzene rings is 2. The Labute approximate surface area is 240 Å². The summed E-state index contributed by atoms with van der Waals surface area (Å²) in [6, 6.07) is 6.38. The van der Waals surface area contributed by atoms with Gasteiger partial charge in [-0.2, -0.15) is 0 Å². The summed E-state index contributed by atoms with van der Waals surface area (Å²) < 4.78 is 60.7. The zero-order chi connectivity index (χ0) is 29.6. The first-order valence-corrected chi connectivity index (χ1v) is 13.6. The molecule has 0 unspecified atom stereocenters. The molecule has 0 bridgehead atoms. The number of aryl methyl sites for hydroxylation is 2. The molecule has 3 aromatic heterocycles. The molecule has 1 fully saturated rings. The molecular weight excluding hydrogens is 573 g/mol. The summed E-state index contributed by atoms with van der Waals surface area (Å²) >= 11 is 1.27. The lowest BCUT2D eigenvalue weighted by molar-refractivity contribution is -0.00574. The number of nitrogens with zero attached hydrogens (tertiary/aromatic N) is 5. The van der Waals surface area contributed by atoms with E-state index >= 15 is 4.39 Å². The van der Waals surface area contributed by atoms with Gasteiger partial charge in [0.1, 0.15) is 23.0 Å². The molecule has 5 aromatic rings. The van der Waals surface area contributed by atoms with Crippen LogP contribution in [0.1, 0.15) is 24.2 Å². The summed E-state index contributed by atoms with van der Waals surface area (Å²) in [4.78, 5) is 33.8. The van der Waals surface area contributed by atoms with Gasteiger partial charge in [0.15, 0.2) is 11.6 Å². The van der Waals surface area contributed by atoms with Gasteiger partial charge in [-0.15, -0.1) is 11.3 Å². The van der Waals surface area contributed by atoms with Gasteiger partial charge >= 0.3 is 6.09 Å². The van der Waals surface area contributed by atoms with E-state index in [1.54, 1.807) is 6.92 Å². The van der Waals surface area contributed by atoms with Gasteiger partial charge in [-0.3, -0.25) is 5.32 Å². The average Bonchev–Trinajstić information content (AvgIpc) is 3.47. The van der Waals surface area contributed by atoms with Crippen molar-refractivity contribution in [2.24, 2.45) is 0 Å². The van der Waals surface area contributed by atoms with Crippen LogP contribution in [0.2, 0.25) is 0 Å². The largest absolute Gasteiger partial charge is 0.483 e. The number of alkyl halides is 2. The van der Waals surface area contributed by atoms with Crippen molar-refractivity contribution in [3.8, 4) is 22.2 Å². The Morgan fingerprint density at radius 2 is 1.76 bits per heavy atom. The topological polar surface area (TPSA) is 121 Å². The standard InChI is InChI=1S/C28H23F3N6O4S/c1-13-4-16(25-19(5-13)36-24(39-3)12-34-25)26-37-18-6-17(29)20(7-23(18)42-26)40-21-8-28(30,31)9-22(21)41-27(38)35-15-10-32-14(2)33-11-15/h4-7,10-12,21-22H,8-9H2,1-3H3,(H,35,38)/t21-,22+/m1/s1. The zero-order valence-electron chi connectivity index (χ0n) is 22.5. The molecule has 1 aliphatic rings. The fraction of sp³-hybridized carbons (Fsp3) is 0.286. The van der Waals surface area contributed by atoms with E-state index in [2.05, 4.69) is 30.2 Å². The summed E-state index contributed by atoms with van der Waals surface area (Å²) in [6.07, 6.45) is -0.885. The lowest BCUT2D eigenvalue weighted by Crippen LogP contribution is -2.32. The summed E-state index contributed by atoms with van der Waals surface area (Å²) in [6.45, 7) is 3.58. The first-order valence-electron chi connectivity index (χ1n) is 12.8. The fourth-order valence-electron chi connectivity index (χ4n) is 4.72. The molecule has 6 rings (SSSR count). The molecule has 3 heterocycles. The van der Waals surface area contributed by atoms with Crippen molar-refractivity contribution in [3.63, 3.8) is 0 Å². The number of ether oxygens (including phenoxy) is 3. The third-order valence-corrected chi connectivity index (χ3v) is 7.68. The minimum absolute atomic E-state index is 0.233. The van der Waals surface area contributed by atoms with E-state index < -0.39 is 42.9 Å². The van der Waals surface area contributed by atoms with Gasteiger partial charge in [0.25, 0.3) is 5.92 Å². The molecule has 10 nitrogen and oxygen atoms in total. The van der Waals surface area contributed by atoms with Crippen LogP contribution in [0.15, 0.2) is 42.9 Å². The molecule has 2 atom stereocenters. The maximum absolute atomic E-state index is 15.2. The van der Waals surface area contributed by atoms with Crippen molar-refractivity contribution in [1.29, 1.82) is 0 Å². The highest BCUT2D eigenvalue weighted by Gasteiger charge is 2.50. The van der Waals surface area contributed by atoms with Gasteiger partial charge in [0.2, 0.25) is 5.88 Å². The number of methoxy groups -OCH3 is 1. The van der Waals surface area contributed by atoms with Crippen LogP contribution in [0, 0.1) is 19.7 Å². The number of aromatic nitrogens is 5. The Bertz CT molecular complexity index is 1820. The van der Waals surface area contributed by atoms with Crippen LogP contribution in [0.4, 0.5) is 23.7 Å². The van der Waals surface area contributed by atoms with Crippen LogP contribution in [0.3, 0.4) is 0 Å². The Morgan fingerprint density at radius 1 is 1.00 bits per heavy atom. The molecule has 42 heavy (non-hydrogen) atoms. The van der Waals surface area contributed by atoms with Crippen molar-refractivity contribution in [1.82, 2.24) is 24.9 Å². The average molecular weight is 597 g/mol. The maximum atomic E-state index is 15.2. The number of carbonyl (C=O) groups excluding carboxylic acids is 1. The summed E-state index contributed by atoms with van der Waals surface area (Å²) in [7, 11) is 1.50. The summed E-state index contributed by atoms with van der Waals surface area (Å²) in [5.74, 6) is -3.34. The predicted molar refractivity (Wildman–Crippen MR) is 149 cm³/mol. The van der Waals surface area contributed by atoms with Crippen molar-refractivity contribution in [2.75, 3.05) is 12.4 Å². The first kappa shape index (κ1) is 27.6. The summed E-state index contributed by atoms with van der Waals surface area (Å²) in [5, 5.41) is 2.97. The van der Waals surface area contributed by atoms with Crippen LogP contribution < -0.4 is 14.8 Å². The number of hydrogen-bond donors (Lipinski definition) is 1. The number of rotatable bonds is 6. The predicted octanol–water partition coefficient (Wildman–Crippen LogP) is 6.25. The lowest BCUT2D eigenvalue weighted by atomic mass is 10.1. The second-order valence-corrected chi connectivity index (χ2v) is 10.9. The smallest absolute Gasteiger partial charge is 0.412 e. The highest BCUT2D eigenvalue weighted by atomic mass is 32.1. The zero-order valence-corrected chi connectivity index (χ0v) is 23.3. The van der Waals surface area contributed by atoms with Crippen molar-refractivity contribution in [2.45, 2.75) is 44.8 Å². The van der Waals surface area contributed by atoms with Crippen LogP contribution in [-0.4, -0.2) is 56.3 Å². The van der Waals surface area contributed by atoms with E-state index in [9.17, 15) is 13.6 Å². The van der Waals surface area contributed by atoms with Gasteiger partial charge in [-0.05, 0) is 31.5 Å². The molecule has 1 N–H and O–H groups in total. The molecular formula is C28H23F3N6O4S. The first-order chi connectivity index (χ1) is 20.1. The highest BCUT2D eigenvalue weighted by molar-refractivity contribution is 7.21. The minimum atomic E-state index is -3.17. The second kappa shape index (κ2) is 10.7. The van der Waals surface area contributed by atoms with Crippen molar-refractivity contribution < 1.29 is 32.2 Å². The Kier molecular flexibility index (Phi) is 7.01. The van der Waals surface area contributed by atoms with E-state index in [-0.39, 0.29) is 11.4 Å². The number of anilines is 1. The van der Waals surface area contributed by atoms with Gasteiger partial charge < -0.3 is 14.2 Å². The van der Waals surface area contributed by atoms with E-state index in [0.717, 1.165) is 5.56 Å². The van der Waals surface area contributed by atoms with Crippen molar-refractivity contribution in [3.05, 3.63) is 60.1 Å². The number of nitrogens with one attached hydrogen (secondary N) is 1. The van der Waals surface area contributed by atoms with E-state index in [0.29, 0.717) is 43.5 Å².